The molecule has 2 aromatic carbocycles. The predicted molar refractivity (Wildman–Crippen MR) is 91.1 cm³/mol. The molecule has 0 aliphatic heterocycles. The number of amides is 1. The quantitative estimate of drug-likeness (QED) is 0.689. The third kappa shape index (κ3) is 4.21. The molecule has 2 rings (SSSR count). The molecule has 0 aliphatic rings. The smallest absolute Gasteiger partial charge is 0.266 e. The van der Waals surface area contributed by atoms with E-state index in [-0.39, 0.29) is 5.57 Å². The van der Waals surface area contributed by atoms with Gasteiger partial charge in [0.25, 0.3) is 5.91 Å². The van der Waals surface area contributed by atoms with E-state index in [1.165, 1.54) is 0 Å². The van der Waals surface area contributed by atoms with Crippen molar-refractivity contribution in [2.24, 2.45) is 0 Å². The fourth-order valence-corrected chi connectivity index (χ4v) is 2.14. The van der Waals surface area contributed by atoms with E-state index in [9.17, 15) is 10.1 Å². The van der Waals surface area contributed by atoms with Gasteiger partial charge in [-0.05, 0) is 55.3 Å². The molecule has 0 saturated carbocycles. The minimum absolute atomic E-state index is 0.0511. The van der Waals surface area contributed by atoms with E-state index < -0.39 is 5.91 Å². The molecule has 0 aliphatic carbocycles. The van der Waals surface area contributed by atoms with Crippen LogP contribution in [0.5, 0.6) is 5.75 Å². The van der Waals surface area contributed by atoms with Crippen LogP contribution in [0.3, 0.4) is 0 Å². The number of anilines is 1. The van der Waals surface area contributed by atoms with Gasteiger partial charge in [-0.2, -0.15) is 5.26 Å². The molecule has 1 N–H and O–H groups in total. The van der Waals surface area contributed by atoms with Crippen molar-refractivity contribution in [2.75, 3.05) is 12.4 Å². The maximum absolute atomic E-state index is 12.2. The van der Waals surface area contributed by atoms with Gasteiger partial charge in [0.05, 0.1) is 7.11 Å². The van der Waals surface area contributed by atoms with Crippen LogP contribution in [0.2, 0.25) is 0 Å². The number of carbonyl (C=O) groups excluding carboxylic acids is 1. The first-order valence-electron chi connectivity index (χ1n) is 7.18. The van der Waals surface area contributed by atoms with Crippen molar-refractivity contribution in [1.29, 1.82) is 5.26 Å². The van der Waals surface area contributed by atoms with Crippen LogP contribution in [0.15, 0.2) is 48.0 Å². The minimum Gasteiger partial charge on any atom is -0.496 e. The number of carbonyl (C=O) groups is 1. The Kier molecular flexibility index (Phi) is 5.16. The highest BCUT2D eigenvalue weighted by Gasteiger charge is 2.10. The minimum atomic E-state index is -0.426. The van der Waals surface area contributed by atoms with Crippen molar-refractivity contribution in [3.05, 3.63) is 64.7 Å². The summed E-state index contributed by atoms with van der Waals surface area (Å²) in [5, 5.41) is 12.0. The summed E-state index contributed by atoms with van der Waals surface area (Å²) >= 11 is 0. The lowest BCUT2D eigenvalue weighted by Gasteiger charge is -2.06. The molecule has 23 heavy (non-hydrogen) atoms. The number of benzene rings is 2. The summed E-state index contributed by atoms with van der Waals surface area (Å²) < 4.78 is 5.20. The second kappa shape index (κ2) is 7.28. The predicted octanol–water partition coefficient (Wildman–Crippen LogP) is 3.86. The SMILES string of the molecule is COc1ccc(/C=C(\C#N)C(=O)Nc2ccc(C)cc2)cc1C. The van der Waals surface area contributed by atoms with Crippen LogP contribution in [0.4, 0.5) is 5.69 Å². The monoisotopic (exact) mass is 306 g/mol. The molecule has 0 heterocycles. The normalized spacial score (nSPS) is 10.8. The van der Waals surface area contributed by atoms with E-state index in [1.807, 2.05) is 50.2 Å². The zero-order valence-electron chi connectivity index (χ0n) is 13.4. The number of rotatable bonds is 4. The molecule has 4 nitrogen and oxygen atoms in total. The van der Waals surface area contributed by atoms with Gasteiger partial charge < -0.3 is 10.1 Å². The summed E-state index contributed by atoms with van der Waals surface area (Å²) in [4.78, 5) is 12.2. The van der Waals surface area contributed by atoms with E-state index in [1.54, 1.807) is 25.3 Å². The van der Waals surface area contributed by atoms with Gasteiger partial charge in [0.2, 0.25) is 0 Å². The number of aryl methyl sites for hydroxylation is 2. The molecule has 0 fully saturated rings. The first-order chi connectivity index (χ1) is 11.0. The van der Waals surface area contributed by atoms with Crippen LogP contribution in [0.25, 0.3) is 6.08 Å². The van der Waals surface area contributed by atoms with E-state index in [4.69, 9.17) is 4.74 Å². The van der Waals surface area contributed by atoms with Gasteiger partial charge in [0.1, 0.15) is 17.4 Å². The molecule has 0 aromatic heterocycles. The third-order valence-electron chi connectivity index (χ3n) is 3.40. The number of hydrogen-bond donors (Lipinski definition) is 1. The Labute approximate surface area is 136 Å². The lowest BCUT2D eigenvalue weighted by Crippen LogP contribution is -2.13. The first-order valence-corrected chi connectivity index (χ1v) is 7.18. The maximum Gasteiger partial charge on any atom is 0.266 e. The highest BCUT2D eigenvalue weighted by molar-refractivity contribution is 6.09. The van der Waals surface area contributed by atoms with Crippen LogP contribution >= 0.6 is 0 Å². The molecule has 0 spiro atoms. The summed E-state index contributed by atoms with van der Waals surface area (Å²) in [6.45, 7) is 3.88. The fraction of sp³-hybridized carbons (Fsp3) is 0.158. The van der Waals surface area contributed by atoms with Crippen LogP contribution in [0, 0.1) is 25.2 Å². The van der Waals surface area contributed by atoms with Crippen LogP contribution in [-0.4, -0.2) is 13.0 Å². The first kappa shape index (κ1) is 16.3. The fourth-order valence-electron chi connectivity index (χ4n) is 2.14. The Hall–Kier alpha value is -3.06. The van der Waals surface area contributed by atoms with E-state index >= 15 is 0 Å². The maximum atomic E-state index is 12.2. The van der Waals surface area contributed by atoms with Gasteiger partial charge in [-0.25, -0.2) is 0 Å². The zero-order valence-corrected chi connectivity index (χ0v) is 13.4. The molecule has 2 aromatic rings. The molecule has 1 amide bonds. The molecular formula is C19H18N2O2. The van der Waals surface area contributed by atoms with Gasteiger partial charge in [0.15, 0.2) is 0 Å². The number of methoxy groups -OCH3 is 1. The van der Waals surface area contributed by atoms with E-state index in [2.05, 4.69) is 5.32 Å². The average molecular weight is 306 g/mol. The van der Waals surface area contributed by atoms with Gasteiger partial charge in [-0.1, -0.05) is 23.8 Å². The summed E-state index contributed by atoms with van der Waals surface area (Å²) in [7, 11) is 1.60. The Morgan fingerprint density at radius 2 is 1.87 bits per heavy atom. The molecular weight excluding hydrogens is 288 g/mol. The van der Waals surface area contributed by atoms with Crippen LogP contribution in [0.1, 0.15) is 16.7 Å². The van der Waals surface area contributed by atoms with Crippen molar-refractivity contribution in [1.82, 2.24) is 0 Å². The number of ether oxygens (including phenoxy) is 1. The van der Waals surface area contributed by atoms with E-state index in [0.717, 1.165) is 22.4 Å². The topological polar surface area (TPSA) is 62.1 Å². The molecule has 116 valence electrons. The standard InChI is InChI=1S/C19H18N2O2/c1-13-4-7-17(8-5-13)21-19(22)16(12-20)11-15-6-9-18(23-3)14(2)10-15/h4-11H,1-3H3,(H,21,22)/b16-11+. The lowest BCUT2D eigenvalue weighted by atomic mass is 10.1. The number of nitrogens with zero attached hydrogens (tertiary/aromatic N) is 1. The molecule has 0 atom stereocenters. The summed E-state index contributed by atoms with van der Waals surface area (Å²) in [5.41, 5.74) is 3.53. The largest absolute Gasteiger partial charge is 0.496 e. The second-order valence-corrected chi connectivity index (χ2v) is 5.22. The lowest BCUT2D eigenvalue weighted by molar-refractivity contribution is -0.112. The zero-order chi connectivity index (χ0) is 16.8. The molecule has 0 bridgehead atoms. The van der Waals surface area contributed by atoms with Crippen molar-refractivity contribution < 1.29 is 9.53 Å². The Morgan fingerprint density at radius 3 is 2.43 bits per heavy atom. The summed E-state index contributed by atoms with van der Waals surface area (Å²) in [5.74, 6) is 0.342. The van der Waals surface area contributed by atoms with E-state index in [0.29, 0.717) is 5.69 Å². The van der Waals surface area contributed by atoms with Crippen LogP contribution < -0.4 is 10.1 Å². The average Bonchev–Trinajstić information content (AvgIpc) is 2.54. The summed E-state index contributed by atoms with van der Waals surface area (Å²) in [6.07, 6.45) is 1.57. The highest BCUT2D eigenvalue weighted by Crippen LogP contribution is 2.20. The van der Waals surface area contributed by atoms with Crippen molar-refractivity contribution >= 4 is 17.7 Å². The Balaban J connectivity index is 2.21. The Morgan fingerprint density at radius 1 is 1.17 bits per heavy atom. The summed E-state index contributed by atoms with van der Waals surface area (Å²) in [6, 6.07) is 14.9. The van der Waals surface area contributed by atoms with Gasteiger partial charge in [-0.3, -0.25) is 4.79 Å². The number of nitriles is 1. The highest BCUT2D eigenvalue weighted by atomic mass is 16.5. The number of hydrogen-bond acceptors (Lipinski definition) is 3. The number of nitrogens with one attached hydrogen (secondary N) is 1. The van der Waals surface area contributed by atoms with Crippen molar-refractivity contribution in [3.8, 4) is 11.8 Å². The van der Waals surface area contributed by atoms with Crippen molar-refractivity contribution in [2.45, 2.75) is 13.8 Å². The van der Waals surface area contributed by atoms with Crippen molar-refractivity contribution in [3.63, 3.8) is 0 Å². The molecule has 0 unspecified atom stereocenters. The van der Waals surface area contributed by atoms with Gasteiger partial charge in [0, 0.05) is 5.69 Å². The second-order valence-electron chi connectivity index (χ2n) is 5.22. The molecule has 4 heteroatoms. The van der Waals surface area contributed by atoms with Gasteiger partial charge in [-0.15, -0.1) is 0 Å². The van der Waals surface area contributed by atoms with Gasteiger partial charge >= 0.3 is 0 Å². The Bertz CT molecular complexity index is 784. The third-order valence-corrected chi connectivity index (χ3v) is 3.40. The molecule has 0 radical (unpaired) electrons. The molecule has 0 saturated heterocycles. The van der Waals surface area contributed by atoms with Crippen LogP contribution in [-0.2, 0) is 4.79 Å².